The van der Waals surface area contributed by atoms with Crippen molar-refractivity contribution in [1.82, 2.24) is 0 Å². The van der Waals surface area contributed by atoms with Crippen molar-refractivity contribution < 1.29 is 28.2 Å². The average Bonchev–Trinajstić information content (AvgIpc) is 2.63. The lowest BCUT2D eigenvalue weighted by Crippen LogP contribution is -2.24. The van der Waals surface area contributed by atoms with Crippen LogP contribution in [0.15, 0.2) is 24.3 Å². The Hall–Kier alpha value is -1.60. The van der Waals surface area contributed by atoms with E-state index in [2.05, 4.69) is 31.2 Å². The maximum absolute atomic E-state index is 10.6. The van der Waals surface area contributed by atoms with Crippen molar-refractivity contribution >= 4 is 5.97 Å². The first-order valence-corrected chi connectivity index (χ1v) is 9.45. The van der Waals surface area contributed by atoms with Gasteiger partial charge in [0.1, 0.15) is 0 Å². The lowest BCUT2D eigenvalue weighted by molar-refractivity contribution is -0.192. The van der Waals surface area contributed by atoms with E-state index in [0.29, 0.717) is 0 Å². The van der Waals surface area contributed by atoms with E-state index in [0.717, 1.165) is 12.8 Å². The third kappa shape index (κ3) is 14.2. The Labute approximate surface area is 159 Å². The first-order valence-electron chi connectivity index (χ1n) is 9.45. The molecular weight excluding hydrogens is 359 g/mol. The van der Waals surface area contributed by atoms with Crippen molar-refractivity contribution in [2.75, 3.05) is 6.61 Å². The molecule has 1 aromatic rings. The number of rotatable bonds is 11. The number of carboxylic acids is 1. The smallest absolute Gasteiger partial charge is 0.475 e. The molecule has 0 aromatic heterocycles. The maximum Gasteiger partial charge on any atom is 0.490 e. The molecule has 0 fully saturated rings. The molecule has 0 radical (unpaired) electrons. The van der Waals surface area contributed by atoms with Gasteiger partial charge >= 0.3 is 12.1 Å². The molecule has 0 aliphatic heterocycles. The first-order chi connectivity index (χ1) is 12.7. The minimum atomic E-state index is -5.08. The average molecular weight is 391 g/mol. The van der Waals surface area contributed by atoms with E-state index >= 15 is 0 Å². The Bertz CT molecular complexity index is 504. The number of halogens is 3. The highest BCUT2D eigenvalue weighted by Gasteiger charge is 2.38. The van der Waals surface area contributed by atoms with E-state index in [1.165, 1.54) is 56.1 Å². The molecule has 7 heteroatoms. The number of aryl methyl sites for hydroxylation is 2. The standard InChI is InChI=1S/C18H31NO.C2HF3O2/c1-2-3-4-5-6-7-8-16-9-11-17(12-10-16)13-14-18(19)15-20;3-2(4,5)1(6)7/h9-12,18,20H,2-8,13-15,19H2,1H3;(H,6,7)/t18-;/m1./s1. The van der Waals surface area contributed by atoms with Crippen molar-refractivity contribution in [2.24, 2.45) is 5.73 Å². The number of hydrogen-bond donors (Lipinski definition) is 3. The molecule has 0 amide bonds. The minimum Gasteiger partial charge on any atom is -0.475 e. The van der Waals surface area contributed by atoms with Gasteiger partial charge in [-0.1, -0.05) is 63.3 Å². The molecule has 4 N–H and O–H groups in total. The summed E-state index contributed by atoms with van der Waals surface area (Å²) in [5.74, 6) is -2.76. The number of carbonyl (C=O) groups is 1. The summed E-state index contributed by atoms with van der Waals surface area (Å²) in [6.45, 7) is 2.34. The van der Waals surface area contributed by atoms with Crippen LogP contribution in [0.2, 0.25) is 0 Å². The minimum absolute atomic E-state index is 0.0795. The topological polar surface area (TPSA) is 83.5 Å². The Balaban J connectivity index is 0.000000821. The third-order valence-corrected chi connectivity index (χ3v) is 4.12. The summed E-state index contributed by atoms with van der Waals surface area (Å²) in [4.78, 5) is 8.90. The number of benzene rings is 1. The van der Waals surface area contributed by atoms with E-state index in [1.54, 1.807) is 0 Å². The second kappa shape index (κ2) is 14.5. The summed E-state index contributed by atoms with van der Waals surface area (Å²) in [6, 6.07) is 8.81. The quantitative estimate of drug-likeness (QED) is 0.486. The summed E-state index contributed by atoms with van der Waals surface area (Å²) in [6.07, 6.45) is 6.05. The van der Waals surface area contributed by atoms with Crippen molar-refractivity contribution in [3.8, 4) is 0 Å². The van der Waals surface area contributed by atoms with Gasteiger partial charge in [-0.3, -0.25) is 0 Å². The second-order valence-corrected chi connectivity index (χ2v) is 6.62. The third-order valence-electron chi connectivity index (χ3n) is 4.12. The molecule has 27 heavy (non-hydrogen) atoms. The largest absolute Gasteiger partial charge is 0.490 e. The van der Waals surface area contributed by atoms with E-state index < -0.39 is 12.1 Å². The van der Waals surface area contributed by atoms with Gasteiger partial charge in [0.05, 0.1) is 6.61 Å². The zero-order chi connectivity index (χ0) is 20.7. The Morgan fingerprint density at radius 2 is 1.44 bits per heavy atom. The normalized spacial score (nSPS) is 12.2. The lowest BCUT2D eigenvalue weighted by Gasteiger charge is -2.08. The fourth-order valence-electron chi connectivity index (χ4n) is 2.43. The number of hydrogen-bond acceptors (Lipinski definition) is 3. The van der Waals surface area contributed by atoms with Crippen LogP contribution >= 0.6 is 0 Å². The highest BCUT2D eigenvalue weighted by molar-refractivity contribution is 5.73. The molecule has 0 saturated heterocycles. The van der Waals surface area contributed by atoms with Crippen LogP contribution in [0.3, 0.4) is 0 Å². The highest BCUT2D eigenvalue weighted by atomic mass is 19.4. The van der Waals surface area contributed by atoms with Crippen LogP contribution in [-0.4, -0.2) is 35.0 Å². The molecule has 1 aromatic carbocycles. The van der Waals surface area contributed by atoms with Gasteiger partial charge in [0, 0.05) is 6.04 Å². The number of alkyl halides is 3. The molecule has 0 heterocycles. The number of aliphatic carboxylic acids is 1. The van der Waals surface area contributed by atoms with E-state index in [-0.39, 0.29) is 12.6 Å². The van der Waals surface area contributed by atoms with Crippen molar-refractivity contribution in [1.29, 1.82) is 0 Å². The molecule has 0 saturated carbocycles. The maximum atomic E-state index is 10.6. The van der Waals surface area contributed by atoms with Gasteiger partial charge in [0.2, 0.25) is 0 Å². The molecule has 0 unspecified atom stereocenters. The summed E-state index contributed by atoms with van der Waals surface area (Å²) < 4.78 is 31.7. The van der Waals surface area contributed by atoms with E-state index in [9.17, 15) is 13.2 Å². The van der Waals surface area contributed by atoms with Gasteiger partial charge in [-0.25, -0.2) is 4.79 Å². The molecule has 0 bridgehead atoms. The van der Waals surface area contributed by atoms with Gasteiger partial charge in [0.15, 0.2) is 0 Å². The summed E-state index contributed by atoms with van der Waals surface area (Å²) in [5, 5.41) is 16.0. The van der Waals surface area contributed by atoms with Crippen LogP contribution in [-0.2, 0) is 17.6 Å². The van der Waals surface area contributed by atoms with Crippen LogP contribution < -0.4 is 5.73 Å². The molecule has 156 valence electrons. The van der Waals surface area contributed by atoms with Crippen LogP contribution in [0.5, 0.6) is 0 Å². The number of aliphatic hydroxyl groups is 1. The van der Waals surface area contributed by atoms with Crippen LogP contribution in [0, 0.1) is 0 Å². The summed E-state index contributed by atoms with van der Waals surface area (Å²) in [7, 11) is 0. The highest BCUT2D eigenvalue weighted by Crippen LogP contribution is 2.13. The van der Waals surface area contributed by atoms with Crippen molar-refractivity contribution in [2.45, 2.75) is 76.9 Å². The second-order valence-electron chi connectivity index (χ2n) is 6.62. The van der Waals surface area contributed by atoms with E-state index in [1.807, 2.05) is 0 Å². The van der Waals surface area contributed by atoms with Crippen molar-refractivity contribution in [3.05, 3.63) is 35.4 Å². The SMILES string of the molecule is CCCCCCCCc1ccc(CC[C@@H](N)CO)cc1.O=C(O)C(F)(F)F. The summed E-state index contributed by atoms with van der Waals surface area (Å²) in [5.41, 5.74) is 8.48. The zero-order valence-electron chi connectivity index (χ0n) is 16.0. The summed E-state index contributed by atoms with van der Waals surface area (Å²) >= 11 is 0. The zero-order valence-corrected chi connectivity index (χ0v) is 16.0. The molecule has 0 aliphatic rings. The fraction of sp³-hybridized carbons (Fsp3) is 0.650. The van der Waals surface area contributed by atoms with Crippen LogP contribution in [0.4, 0.5) is 13.2 Å². The molecule has 0 aliphatic carbocycles. The molecular formula is C20H32F3NO3. The number of carboxylic acid groups (broad SMARTS) is 1. The van der Waals surface area contributed by atoms with Gasteiger partial charge in [-0.05, 0) is 36.8 Å². The van der Waals surface area contributed by atoms with Crippen LogP contribution in [0.25, 0.3) is 0 Å². The predicted molar refractivity (Wildman–Crippen MR) is 101 cm³/mol. The molecule has 1 atom stereocenters. The Morgan fingerprint density at radius 3 is 1.89 bits per heavy atom. The lowest BCUT2D eigenvalue weighted by atomic mass is 10.0. The van der Waals surface area contributed by atoms with Gasteiger partial charge in [0.25, 0.3) is 0 Å². The molecule has 0 spiro atoms. The Morgan fingerprint density at radius 1 is 1.00 bits per heavy atom. The molecule has 4 nitrogen and oxygen atoms in total. The first kappa shape index (κ1) is 25.4. The Kier molecular flexibility index (Phi) is 13.6. The van der Waals surface area contributed by atoms with Gasteiger partial charge in [-0.15, -0.1) is 0 Å². The monoisotopic (exact) mass is 391 g/mol. The number of unbranched alkanes of at least 4 members (excludes halogenated alkanes) is 5. The number of aliphatic hydroxyl groups excluding tert-OH is 1. The van der Waals surface area contributed by atoms with Gasteiger partial charge in [-0.2, -0.15) is 13.2 Å². The van der Waals surface area contributed by atoms with Crippen LogP contribution in [0.1, 0.15) is 63.0 Å². The molecule has 1 rings (SSSR count). The van der Waals surface area contributed by atoms with Crippen molar-refractivity contribution in [3.63, 3.8) is 0 Å². The van der Waals surface area contributed by atoms with E-state index in [4.69, 9.17) is 20.7 Å². The number of nitrogens with two attached hydrogens (primary N) is 1. The fourth-order valence-corrected chi connectivity index (χ4v) is 2.43. The van der Waals surface area contributed by atoms with Gasteiger partial charge < -0.3 is 15.9 Å². The predicted octanol–water partition coefficient (Wildman–Crippen LogP) is 4.48.